The standard InChI is InChI=1S/C12H21NO2/c1-15-12(14)10-8-13-11(10)9-6-4-2-3-5-7-9/h9-11,13H,2-8H2,1H3. The van der Waals surface area contributed by atoms with Crippen molar-refractivity contribution >= 4 is 5.97 Å². The Hall–Kier alpha value is -0.570. The van der Waals surface area contributed by atoms with Gasteiger partial charge in [0.05, 0.1) is 13.0 Å². The predicted octanol–water partition coefficient (Wildman–Crippen LogP) is 1.72. The normalized spacial score (nSPS) is 32.9. The molecule has 0 spiro atoms. The molecule has 0 aromatic rings. The van der Waals surface area contributed by atoms with Crippen LogP contribution in [0, 0.1) is 11.8 Å². The third kappa shape index (κ3) is 2.33. The van der Waals surface area contributed by atoms with Crippen LogP contribution in [0.15, 0.2) is 0 Å². The molecule has 3 nitrogen and oxygen atoms in total. The molecule has 0 radical (unpaired) electrons. The number of ether oxygens (including phenoxy) is 1. The number of carbonyl (C=O) groups excluding carboxylic acids is 1. The summed E-state index contributed by atoms with van der Waals surface area (Å²) in [6, 6.07) is 0.399. The van der Waals surface area contributed by atoms with E-state index in [1.54, 1.807) is 0 Å². The minimum Gasteiger partial charge on any atom is -0.469 e. The van der Waals surface area contributed by atoms with E-state index in [2.05, 4.69) is 5.32 Å². The Bertz CT molecular complexity index is 222. The maximum atomic E-state index is 11.5. The molecule has 15 heavy (non-hydrogen) atoms. The smallest absolute Gasteiger partial charge is 0.311 e. The molecule has 3 heteroatoms. The van der Waals surface area contributed by atoms with Gasteiger partial charge in [-0.05, 0) is 18.8 Å². The summed E-state index contributed by atoms with van der Waals surface area (Å²) in [4.78, 5) is 11.5. The van der Waals surface area contributed by atoms with Crippen molar-refractivity contribution in [2.45, 2.75) is 44.6 Å². The zero-order chi connectivity index (χ0) is 10.7. The zero-order valence-electron chi connectivity index (χ0n) is 9.50. The second-order valence-electron chi connectivity index (χ2n) is 4.82. The highest BCUT2D eigenvalue weighted by Gasteiger charge is 2.41. The van der Waals surface area contributed by atoms with Crippen molar-refractivity contribution in [2.75, 3.05) is 13.7 Å². The number of nitrogens with one attached hydrogen (secondary N) is 1. The van der Waals surface area contributed by atoms with E-state index in [4.69, 9.17) is 4.74 Å². The van der Waals surface area contributed by atoms with E-state index >= 15 is 0 Å². The molecular formula is C12H21NO2. The van der Waals surface area contributed by atoms with Crippen LogP contribution in [0.3, 0.4) is 0 Å². The van der Waals surface area contributed by atoms with Gasteiger partial charge in [0, 0.05) is 12.6 Å². The van der Waals surface area contributed by atoms with E-state index in [0.717, 1.165) is 6.54 Å². The molecular weight excluding hydrogens is 190 g/mol. The molecule has 1 saturated carbocycles. The second kappa shape index (κ2) is 4.97. The highest BCUT2D eigenvalue weighted by molar-refractivity contribution is 5.74. The summed E-state index contributed by atoms with van der Waals surface area (Å²) in [6.45, 7) is 0.813. The summed E-state index contributed by atoms with van der Waals surface area (Å²) in [6.07, 6.45) is 7.96. The molecule has 0 amide bonds. The van der Waals surface area contributed by atoms with Crippen molar-refractivity contribution in [3.8, 4) is 0 Å². The van der Waals surface area contributed by atoms with E-state index in [1.165, 1.54) is 45.6 Å². The molecule has 2 atom stereocenters. The van der Waals surface area contributed by atoms with Crippen LogP contribution in [0.1, 0.15) is 38.5 Å². The summed E-state index contributed by atoms with van der Waals surface area (Å²) < 4.78 is 4.83. The average molecular weight is 211 g/mol. The largest absolute Gasteiger partial charge is 0.469 e. The average Bonchev–Trinajstić information content (AvgIpc) is 2.45. The summed E-state index contributed by atoms with van der Waals surface area (Å²) in [5, 5.41) is 3.41. The molecule has 86 valence electrons. The first-order chi connectivity index (χ1) is 7.33. The van der Waals surface area contributed by atoms with Gasteiger partial charge in [-0.1, -0.05) is 25.7 Å². The van der Waals surface area contributed by atoms with Gasteiger partial charge in [0.15, 0.2) is 0 Å². The van der Waals surface area contributed by atoms with Crippen LogP contribution in [-0.2, 0) is 9.53 Å². The first-order valence-corrected chi connectivity index (χ1v) is 6.14. The Morgan fingerprint density at radius 3 is 2.33 bits per heavy atom. The Labute approximate surface area is 91.6 Å². The molecule has 0 bridgehead atoms. The molecule has 1 saturated heterocycles. The lowest BCUT2D eigenvalue weighted by Gasteiger charge is -2.41. The van der Waals surface area contributed by atoms with Gasteiger partial charge in [-0.2, -0.15) is 0 Å². The molecule has 2 aliphatic rings. The molecule has 1 aliphatic heterocycles. The number of methoxy groups -OCH3 is 1. The summed E-state index contributed by atoms with van der Waals surface area (Å²) >= 11 is 0. The van der Waals surface area contributed by atoms with E-state index < -0.39 is 0 Å². The number of hydrogen-bond donors (Lipinski definition) is 1. The summed E-state index contributed by atoms with van der Waals surface area (Å²) in [7, 11) is 1.49. The minimum atomic E-state index is -0.0250. The molecule has 1 aliphatic carbocycles. The van der Waals surface area contributed by atoms with Gasteiger partial charge >= 0.3 is 5.97 Å². The maximum absolute atomic E-state index is 11.5. The van der Waals surface area contributed by atoms with Crippen LogP contribution in [-0.4, -0.2) is 25.7 Å². The second-order valence-corrected chi connectivity index (χ2v) is 4.82. The SMILES string of the molecule is COC(=O)C1CNC1C1CCCCCC1. The molecule has 1 N–H and O–H groups in total. The molecule has 0 aromatic carbocycles. The van der Waals surface area contributed by atoms with Crippen molar-refractivity contribution in [3.05, 3.63) is 0 Å². The molecule has 1 heterocycles. The molecule has 2 fully saturated rings. The molecule has 2 rings (SSSR count). The lowest BCUT2D eigenvalue weighted by Crippen LogP contribution is -2.60. The topological polar surface area (TPSA) is 38.3 Å². The lowest BCUT2D eigenvalue weighted by atomic mass is 9.78. The van der Waals surface area contributed by atoms with E-state index in [-0.39, 0.29) is 11.9 Å². The van der Waals surface area contributed by atoms with Crippen molar-refractivity contribution < 1.29 is 9.53 Å². The Balaban J connectivity index is 1.89. The summed E-state index contributed by atoms with van der Waals surface area (Å²) in [5.74, 6) is 0.798. The number of esters is 1. The zero-order valence-corrected chi connectivity index (χ0v) is 9.50. The third-order valence-corrected chi connectivity index (χ3v) is 3.92. The van der Waals surface area contributed by atoms with Crippen LogP contribution in [0.2, 0.25) is 0 Å². The van der Waals surface area contributed by atoms with Gasteiger partial charge in [-0.3, -0.25) is 4.79 Å². The summed E-state index contributed by atoms with van der Waals surface area (Å²) in [5.41, 5.74) is 0. The maximum Gasteiger partial charge on any atom is 0.311 e. The Kier molecular flexibility index (Phi) is 3.62. The van der Waals surface area contributed by atoms with Crippen LogP contribution < -0.4 is 5.32 Å². The van der Waals surface area contributed by atoms with Crippen LogP contribution in [0.25, 0.3) is 0 Å². The van der Waals surface area contributed by atoms with Crippen LogP contribution in [0.5, 0.6) is 0 Å². The third-order valence-electron chi connectivity index (χ3n) is 3.92. The first kappa shape index (κ1) is 10.9. The van der Waals surface area contributed by atoms with Crippen molar-refractivity contribution in [3.63, 3.8) is 0 Å². The van der Waals surface area contributed by atoms with Crippen LogP contribution in [0.4, 0.5) is 0 Å². The fourth-order valence-corrected chi connectivity index (χ4v) is 2.92. The molecule has 2 unspecified atom stereocenters. The highest BCUT2D eigenvalue weighted by atomic mass is 16.5. The fourth-order valence-electron chi connectivity index (χ4n) is 2.92. The van der Waals surface area contributed by atoms with Gasteiger partial charge in [-0.15, -0.1) is 0 Å². The van der Waals surface area contributed by atoms with E-state index in [9.17, 15) is 4.79 Å². The number of carbonyl (C=O) groups is 1. The van der Waals surface area contributed by atoms with Crippen molar-refractivity contribution in [1.29, 1.82) is 0 Å². The van der Waals surface area contributed by atoms with Crippen LogP contribution >= 0.6 is 0 Å². The van der Waals surface area contributed by atoms with Crippen molar-refractivity contribution in [2.24, 2.45) is 11.8 Å². The quantitative estimate of drug-likeness (QED) is 0.558. The van der Waals surface area contributed by atoms with Gasteiger partial charge < -0.3 is 10.1 Å². The number of hydrogen-bond acceptors (Lipinski definition) is 3. The van der Waals surface area contributed by atoms with Gasteiger partial charge in [0.1, 0.15) is 0 Å². The first-order valence-electron chi connectivity index (χ1n) is 6.14. The van der Waals surface area contributed by atoms with Gasteiger partial charge in [0.2, 0.25) is 0 Å². The van der Waals surface area contributed by atoms with E-state index in [1.807, 2.05) is 0 Å². The Morgan fingerprint density at radius 2 is 1.87 bits per heavy atom. The molecule has 0 aromatic heterocycles. The van der Waals surface area contributed by atoms with E-state index in [0.29, 0.717) is 12.0 Å². The lowest BCUT2D eigenvalue weighted by molar-refractivity contribution is -0.150. The predicted molar refractivity (Wildman–Crippen MR) is 58.5 cm³/mol. The monoisotopic (exact) mass is 211 g/mol. The minimum absolute atomic E-state index is 0.0250. The van der Waals surface area contributed by atoms with Crippen molar-refractivity contribution in [1.82, 2.24) is 5.32 Å². The highest BCUT2D eigenvalue weighted by Crippen LogP contribution is 2.32. The number of rotatable bonds is 2. The van der Waals surface area contributed by atoms with Gasteiger partial charge in [-0.25, -0.2) is 0 Å². The fraction of sp³-hybridized carbons (Fsp3) is 0.917. The Morgan fingerprint density at radius 1 is 1.20 bits per heavy atom. The van der Waals surface area contributed by atoms with Gasteiger partial charge in [0.25, 0.3) is 0 Å².